The summed E-state index contributed by atoms with van der Waals surface area (Å²) >= 11 is 0. The molecule has 1 saturated heterocycles. The molecule has 0 aliphatic carbocycles. The van der Waals surface area contributed by atoms with E-state index in [1.165, 1.54) is 12.1 Å². The molecule has 0 aromatic heterocycles. The molecular weight excluding hydrogens is 252 g/mol. The minimum atomic E-state index is -4.09. The third kappa shape index (κ3) is 3.10. The maximum Gasteiger partial charge on any atom is 0.294 e. The van der Waals surface area contributed by atoms with Crippen LogP contribution < -0.4 is 0 Å². The minimum absolute atomic E-state index is 0.0505. The van der Waals surface area contributed by atoms with Crippen molar-refractivity contribution in [3.63, 3.8) is 0 Å². The topological polar surface area (TPSA) is 63.6 Å². The Morgan fingerprint density at radius 2 is 1.78 bits per heavy atom. The van der Waals surface area contributed by atoms with Crippen molar-refractivity contribution in [3.05, 3.63) is 29.8 Å². The average molecular weight is 270 g/mol. The summed E-state index contributed by atoms with van der Waals surface area (Å²) in [4.78, 5) is -0.0505. The van der Waals surface area contributed by atoms with E-state index in [0.717, 1.165) is 31.6 Å². The first-order chi connectivity index (χ1) is 8.48. The number of ether oxygens (including phenoxy) is 1. The molecule has 1 aromatic rings. The third-order valence-electron chi connectivity index (χ3n) is 3.68. The van der Waals surface area contributed by atoms with Crippen LogP contribution in [0.4, 0.5) is 0 Å². The first kappa shape index (κ1) is 13.5. The van der Waals surface area contributed by atoms with E-state index in [2.05, 4.69) is 6.92 Å². The number of hydrogen-bond donors (Lipinski definition) is 1. The molecule has 0 bridgehead atoms. The highest BCUT2D eigenvalue weighted by atomic mass is 32.2. The zero-order valence-corrected chi connectivity index (χ0v) is 11.2. The van der Waals surface area contributed by atoms with Gasteiger partial charge in [-0.15, -0.1) is 0 Å². The van der Waals surface area contributed by atoms with Gasteiger partial charge in [0, 0.05) is 13.2 Å². The van der Waals surface area contributed by atoms with Crippen molar-refractivity contribution in [2.45, 2.75) is 30.6 Å². The maximum atomic E-state index is 11.0. The Kier molecular flexibility index (Phi) is 4.04. The second kappa shape index (κ2) is 5.38. The normalized spacial score (nSPS) is 19.7. The van der Waals surface area contributed by atoms with Crippen molar-refractivity contribution in [3.8, 4) is 0 Å². The van der Waals surface area contributed by atoms with Crippen LogP contribution in [0.25, 0.3) is 0 Å². The SMILES string of the molecule is CC(c1ccc(S(=O)(=O)O)cc1)C1CCOCC1. The lowest BCUT2D eigenvalue weighted by molar-refractivity contribution is 0.0596. The Balaban J connectivity index is 2.13. The molecule has 100 valence electrons. The van der Waals surface area contributed by atoms with Crippen molar-refractivity contribution in [1.29, 1.82) is 0 Å². The molecule has 0 spiro atoms. The Labute approximate surface area is 108 Å². The van der Waals surface area contributed by atoms with E-state index in [9.17, 15) is 8.42 Å². The van der Waals surface area contributed by atoms with E-state index in [-0.39, 0.29) is 4.90 Å². The molecule has 4 nitrogen and oxygen atoms in total. The van der Waals surface area contributed by atoms with Gasteiger partial charge in [0.2, 0.25) is 0 Å². The molecule has 0 radical (unpaired) electrons. The van der Waals surface area contributed by atoms with Gasteiger partial charge in [0.15, 0.2) is 0 Å². The first-order valence-electron chi connectivity index (χ1n) is 6.13. The van der Waals surface area contributed by atoms with Crippen LogP contribution >= 0.6 is 0 Å². The van der Waals surface area contributed by atoms with Crippen LogP contribution in [0.1, 0.15) is 31.2 Å². The average Bonchev–Trinajstić information content (AvgIpc) is 2.38. The molecule has 1 unspecified atom stereocenters. The third-order valence-corrected chi connectivity index (χ3v) is 4.54. The van der Waals surface area contributed by atoms with Crippen LogP contribution in [0, 0.1) is 5.92 Å². The molecular formula is C13H18O4S. The van der Waals surface area contributed by atoms with Crippen molar-refractivity contribution in [2.24, 2.45) is 5.92 Å². The quantitative estimate of drug-likeness (QED) is 0.857. The van der Waals surface area contributed by atoms with Crippen LogP contribution in [-0.2, 0) is 14.9 Å². The lowest BCUT2D eigenvalue weighted by Gasteiger charge is -2.28. The predicted octanol–water partition coefficient (Wildman–Crippen LogP) is 2.46. The summed E-state index contributed by atoms with van der Waals surface area (Å²) in [5.74, 6) is 0.958. The van der Waals surface area contributed by atoms with Gasteiger partial charge in [0.25, 0.3) is 10.1 Å². The maximum absolute atomic E-state index is 11.0. The predicted molar refractivity (Wildman–Crippen MR) is 68.2 cm³/mol. The van der Waals surface area contributed by atoms with Crippen LogP contribution in [0.3, 0.4) is 0 Å². The van der Waals surface area contributed by atoms with Crippen molar-refractivity contribution in [2.75, 3.05) is 13.2 Å². The highest BCUT2D eigenvalue weighted by molar-refractivity contribution is 7.85. The van der Waals surface area contributed by atoms with Crippen LogP contribution in [0.5, 0.6) is 0 Å². The lowest BCUT2D eigenvalue weighted by Crippen LogP contribution is -2.20. The second-order valence-electron chi connectivity index (χ2n) is 4.78. The van der Waals surface area contributed by atoms with E-state index < -0.39 is 10.1 Å². The fourth-order valence-electron chi connectivity index (χ4n) is 2.43. The summed E-state index contributed by atoms with van der Waals surface area (Å²) in [6.07, 6.45) is 2.09. The van der Waals surface area contributed by atoms with Gasteiger partial charge in [0.05, 0.1) is 4.90 Å². The standard InChI is InChI=1S/C13H18O4S/c1-10(12-6-8-17-9-7-12)11-2-4-13(5-3-11)18(14,15)16/h2-5,10,12H,6-9H2,1H3,(H,14,15,16). The van der Waals surface area contributed by atoms with Gasteiger partial charge in [-0.3, -0.25) is 4.55 Å². The number of rotatable bonds is 3. The van der Waals surface area contributed by atoms with Gasteiger partial charge >= 0.3 is 0 Å². The molecule has 0 amide bonds. The van der Waals surface area contributed by atoms with E-state index in [4.69, 9.17) is 9.29 Å². The van der Waals surface area contributed by atoms with E-state index in [0.29, 0.717) is 11.8 Å². The monoisotopic (exact) mass is 270 g/mol. The Bertz CT molecular complexity index is 486. The molecule has 0 saturated carbocycles. The van der Waals surface area contributed by atoms with E-state index in [1.54, 1.807) is 12.1 Å². The molecule has 18 heavy (non-hydrogen) atoms. The van der Waals surface area contributed by atoms with Gasteiger partial charge in [0.1, 0.15) is 0 Å². The molecule has 1 heterocycles. The van der Waals surface area contributed by atoms with Gasteiger partial charge in [-0.1, -0.05) is 19.1 Å². The van der Waals surface area contributed by atoms with E-state index in [1.807, 2.05) is 0 Å². The summed E-state index contributed by atoms with van der Waals surface area (Å²) in [5.41, 5.74) is 1.11. The van der Waals surface area contributed by atoms with E-state index >= 15 is 0 Å². The van der Waals surface area contributed by atoms with Crippen LogP contribution in [-0.4, -0.2) is 26.2 Å². The zero-order chi connectivity index (χ0) is 13.2. The zero-order valence-electron chi connectivity index (χ0n) is 10.4. The molecule has 2 rings (SSSR count). The number of benzene rings is 1. The van der Waals surface area contributed by atoms with Gasteiger partial charge in [-0.2, -0.15) is 8.42 Å². The van der Waals surface area contributed by atoms with Crippen molar-refractivity contribution >= 4 is 10.1 Å². The fraction of sp³-hybridized carbons (Fsp3) is 0.538. The van der Waals surface area contributed by atoms with Crippen LogP contribution in [0.2, 0.25) is 0 Å². The number of hydrogen-bond acceptors (Lipinski definition) is 3. The highest BCUT2D eigenvalue weighted by Gasteiger charge is 2.22. The highest BCUT2D eigenvalue weighted by Crippen LogP contribution is 2.31. The summed E-state index contributed by atoms with van der Waals surface area (Å²) in [5, 5.41) is 0. The Hall–Kier alpha value is -0.910. The smallest absolute Gasteiger partial charge is 0.294 e. The lowest BCUT2D eigenvalue weighted by atomic mass is 9.83. The molecule has 1 fully saturated rings. The summed E-state index contributed by atoms with van der Waals surface area (Å²) < 4.78 is 36.2. The molecule has 1 aliphatic heterocycles. The summed E-state index contributed by atoms with van der Waals surface area (Å²) in [6, 6.07) is 6.48. The van der Waals surface area contributed by atoms with Crippen LogP contribution in [0.15, 0.2) is 29.2 Å². The fourth-order valence-corrected chi connectivity index (χ4v) is 2.91. The first-order valence-corrected chi connectivity index (χ1v) is 7.57. The van der Waals surface area contributed by atoms with Crippen molar-refractivity contribution < 1.29 is 17.7 Å². The molecule has 1 N–H and O–H groups in total. The minimum Gasteiger partial charge on any atom is -0.381 e. The molecule has 5 heteroatoms. The molecule has 1 aliphatic rings. The Morgan fingerprint density at radius 3 is 2.28 bits per heavy atom. The second-order valence-corrected chi connectivity index (χ2v) is 6.20. The summed E-state index contributed by atoms with van der Waals surface area (Å²) in [6.45, 7) is 3.76. The summed E-state index contributed by atoms with van der Waals surface area (Å²) in [7, 11) is -4.09. The van der Waals surface area contributed by atoms with Gasteiger partial charge in [-0.05, 0) is 42.4 Å². The van der Waals surface area contributed by atoms with Gasteiger partial charge < -0.3 is 4.74 Å². The van der Waals surface area contributed by atoms with Gasteiger partial charge in [-0.25, -0.2) is 0 Å². The molecule has 1 atom stereocenters. The largest absolute Gasteiger partial charge is 0.381 e. The Morgan fingerprint density at radius 1 is 1.22 bits per heavy atom. The molecule has 1 aromatic carbocycles. The van der Waals surface area contributed by atoms with Crippen molar-refractivity contribution in [1.82, 2.24) is 0 Å².